The van der Waals surface area contributed by atoms with E-state index in [-0.39, 0.29) is 11.9 Å². The Kier molecular flexibility index (Phi) is 6.43. The van der Waals surface area contributed by atoms with Gasteiger partial charge in [-0.3, -0.25) is 4.79 Å². The molecule has 2 aromatic heterocycles. The summed E-state index contributed by atoms with van der Waals surface area (Å²) >= 11 is 1.65. The number of aromatic nitrogens is 2. The predicted octanol–water partition coefficient (Wildman–Crippen LogP) is 5.76. The van der Waals surface area contributed by atoms with Crippen LogP contribution < -0.4 is 9.64 Å². The van der Waals surface area contributed by atoms with Gasteiger partial charge in [-0.15, -0.1) is 11.3 Å². The first kappa shape index (κ1) is 23.3. The van der Waals surface area contributed by atoms with Gasteiger partial charge in [-0.05, 0) is 57.0 Å². The van der Waals surface area contributed by atoms with Gasteiger partial charge in [0.25, 0.3) is 5.91 Å². The van der Waals surface area contributed by atoms with Crippen LogP contribution in [0.5, 0.6) is 5.75 Å². The number of rotatable bonds is 8. The number of ether oxygens (including phenoxy) is 1. The molecule has 0 radical (unpaired) electrons. The third-order valence-electron chi connectivity index (χ3n) is 6.40. The van der Waals surface area contributed by atoms with Crippen molar-refractivity contribution >= 4 is 34.0 Å². The molecule has 6 nitrogen and oxygen atoms in total. The molecule has 1 aliphatic rings. The molecule has 1 aliphatic carbocycles. The van der Waals surface area contributed by atoms with E-state index in [1.54, 1.807) is 18.4 Å². The van der Waals surface area contributed by atoms with E-state index in [2.05, 4.69) is 21.3 Å². The number of nitrogens with zero attached hydrogens (tertiary/aromatic N) is 4. The molecule has 0 unspecified atom stereocenters. The highest BCUT2D eigenvalue weighted by atomic mass is 32.1. The van der Waals surface area contributed by atoms with Crippen LogP contribution in [-0.4, -0.2) is 41.0 Å². The quantitative estimate of drug-likeness (QED) is 0.317. The molecule has 1 saturated carbocycles. The molecular formula is C28H30N4O2S. The molecule has 180 valence electrons. The molecule has 2 heterocycles. The van der Waals surface area contributed by atoms with Crippen LogP contribution in [0.3, 0.4) is 0 Å². The number of methoxy groups -OCH3 is 1. The number of carbonyl (C=O) groups is 1. The summed E-state index contributed by atoms with van der Waals surface area (Å²) in [5.41, 5.74) is 4.80. The minimum atomic E-state index is 0.0751. The Morgan fingerprint density at radius 3 is 2.49 bits per heavy atom. The summed E-state index contributed by atoms with van der Waals surface area (Å²) in [7, 11) is 3.70. The molecule has 0 saturated heterocycles. The highest BCUT2D eigenvalue weighted by Crippen LogP contribution is 2.33. The van der Waals surface area contributed by atoms with Gasteiger partial charge < -0.3 is 14.5 Å². The first-order chi connectivity index (χ1) is 16.9. The number of carbonyl (C=O) groups excluding carboxylic acids is 1. The molecule has 0 N–H and O–H groups in total. The third kappa shape index (κ3) is 5.15. The van der Waals surface area contributed by atoms with E-state index in [4.69, 9.17) is 9.72 Å². The number of anilines is 1. The van der Waals surface area contributed by atoms with Crippen molar-refractivity contribution in [3.63, 3.8) is 0 Å². The Labute approximate surface area is 210 Å². The lowest BCUT2D eigenvalue weighted by Crippen LogP contribution is -2.33. The maximum absolute atomic E-state index is 13.5. The zero-order chi connectivity index (χ0) is 24.5. The van der Waals surface area contributed by atoms with Gasteiger partial charge in [0.2, 0.25) is 0 Å². The molecule has 1 amide bonds. The summed E-state index contributed by atoms with van der Waals surface area (Å²) < 4.78 is 5.43. The lowest BCUT2D eigenvalue weighted by Gasteiger charge is -2.27. The Balaban J connectivity index is 1.52. The van der Waals surface area contributed by atoms with Crippen molar-refractivity contribution in [2.45, 2.75) is 45.8 Å². The molecule has 7 heteroatoms. The Morgan fingerprint density at radius 1 is 1.06 bits per heavy atom. The molecule has 2 aromatic carbocycles. The number of benzene rings is 2. The van der Waals surface area contributed by atoms with Crippen molar-refractivity contribution in [1.82, 2.24) is 14.9 Å². The van der Waals surface area contributed by atoms with E-state index < -0.39 is 0 Å². The van der Waals surface area contributed by atoms with Crippen LogP contribution in [0.2, 0.25) is 0 Å². The number of pyridine rings is 1. The van der Waals surface area contributed by atoms with E-state index >= 15 is 0 Å². The summed E-state index contributed by atoms with van der Waals surface area (Å²) in [6.45, 7) is 5.22. The van der Waals surface area contributed by atoms with Crippen LogP contribution in [0.4, 0.5) is 5.82 Å². The summed E-state index contributed by atoms with van der Waals surface area (Å²) in [6, 6.07) is 16.2. The maximum atomic E-state index is 13.5. The van der Waals surface area contributed by atoms with Crippen molar-refractivity contribution in [3.8, 4) is 5.75 Å². The summed E-state index contributed by atoms with van der Waals surface area (Å²) in [4.78, 5) is 27.4. The monoisotopic (exact) mass is 486 g/mol. The summed E-state index contributed by atoms with van der Waals surface area (Å²) in [5, 5.41) is 4.17. The number of aryl methyl sites for hydroxylation is 2. The fraction of sp³-hybridized carbons (Fsp3) is 0.321. The second kappa shape index (κ2) is 9.66. The van der Waals surface area contributed by atoms with Crippen LogP contribution in [-0.2, 0) is 13.1 Å². The molecule has 0 atom stereocenters. The van der Waals surface area contributed by atoms with Crippen molar-refractivity contribution in [1.29, 1.82) is 0 Å². The highest BCUT2D eigenvalue weighted by molar-refractivity contribution is 7.09. The van der Waals surface area contributed by atoms with Crippen molar-refractivity contribution < 1.29 is 9.53 Å². The van der Waals surface area contributed by atoms with Gasteiger partial charge in [0.05, 0.1) is 29.9 Å². The fourth-order valence-corrected chi connectivity index (χ4v) is 4.96. The molecule has 0 spiro atoms. The van der Waals surface area contributed by atoms with Gasteiger partial charge in [-0.2, -0.15) is 0 Å². The van der Waals surface area contributed by atoms with Crippen LogP contribution in [0, 0.1) is 13.8 Å². The first-order valence-corrected chi connectivity index (χ1v) is 12.8. The van der Waals surface area contributed by atoms with Crippen molar-refractivity contribution in [2.24, 2.45) is 0 Å². The third-order valence-corrected chi connectivity index (χ3v) is 7.22. The Bertz CT molecular complexity index is 1360. The van der Waals surface area contributed by atoms with Gasteiger partial charge in [0.1, 0.15) is 11.6 Å². The number of amides is 1. The first-order valence-electron chi connectivity index (χ1n) is 11.9. The van der Waals surface area contributed by atoms with Crippen molar-refractivity contribution in [2.75, 3.05) is 19.1 Å². The van der Waals surface area contributed by atoms with E-state index in [0.29, 0.717) is 13.1 Å². The van der Waals surface area contributed by atoms with Crippen LogP contribution in [0.25, 0.3) is 10.9 Å². The van der Waals surface area contributed by atoms with E-state index in [0.717, 1.165) is 62.7 Å². The molecule has 5 rings (SSSR count). The number of thiazole rings is 1. The van der Waals surface area contributed by atoms with Gasteiger partial charge in [0, 0.05) is 47.6 Å². The molecule has 35 heavy (non-hydrogen) atoms. The van der Waals surface area contributed by atoms with Crippen LogP contribution >= 0.6 is 11.3 Å². The number of hydrogen-bond acceptors (Lipinski definition) is 6. The van der Waals surface area contributed by atoms with E-state index in [1.807, 2.05) is 68.3 Å². The standard InChI is InChI=1S/C28H30N4O2S/c1-18-5-7-20(8-6-18)28(33)32(24-10-11-24)15-22-13-21-9-12-25(34-4)14-26(21)30-27(22)31(3)16-23-17-35-19(2)29-23/h5-9,12-14,17,24H,10-11,15-16H2,1-4H3. The molecule has 0 aliphatic heterocycles. The minimum Gasteiger partial charge on any atom is -0.497 e. The minimum absolute atomic E-state index is 0.0751. The van der Waals surface area contributed by atoms with Crippen LogP contribution in [0.1, 0.15) is 45.0 Å². The van der Waals surface area contributed by atoms with E-state index in [9.17, 15) is 4.79 Å². The average molecular weight is 487 g/mol. The summed E-state index contributed by atoms with van der Waals surface area (Å²) in [6.07, 6.45) is 2.08. The smallest absolute Gasteiger partial charge is 0.254 e. The molecule has 0 bridgehead atoms. The van der Waals surface area contributed by atoms with Crippen molar-refractivity contribution in [3.05, 3.63) is 81.3 Å². The maximum Gasteiger partial charge on any atom is 0.254 e. The van der Waals surface area contributed by atoms with Gasteiger partial charge in [0.15, 0.2) is 0 Å². The van der Waals surface area contributed by atoms with Gasteiger partial charge in [-0.1, -0.05) is 17.7 Å². The molecule has 1 fully saturated rings. The van der Waals surface area contributed by atoms with E-state index in [1.165, 1.54) is 0 Å². The lowest BCUT2D eigenvalue weighted by atomic mass is 10.1. The topological polar surface area (TPSA) is 58.6 Å². The number of hydrogen-bond donors (Lipinski definition) is 0. The summed E-state index contributed by atoms with van der Waals surface area (Å²) in [5.74, 6) is 1.71. The normalized spacial score (nSPS) is 13.1. The van der Waals surface area contributed by atoms with Gasteiger partial charge in [-0.25, -0.2) is 9.97 Å². The average Bonchev–Trinajstić information content (AvgIpc) is 3.62. The Morgan fingerprint density at radius 2 is 1.83 bits per heavy atom. The highest BCUT2D eigenvalue weighted by Gasteiger charge is 2.34. The molecular weight excluding hydrogens is 456 g/mol. The van der Waals surface area contributed by atoms with Crippen LogP contribution in [0.15, 0.2) is 53.9 Å². The van der Waals surface area contributed by atoms with Gasteiger partial charge >= 0.3 is 0 Å². The largest absolute Gasteiger partial charge is 0.497 e. The second-order valence-electron chi connectivity index (χ2n) is 9.27. The SMILES string of the molecule is COc1ccc2cc(CN(C(=O)c3ccc(C)cc3)C3CC3)c(N(C)Cc3csc(C)n3)nc2c1. The Hall–Kier alpha value is -3.45. The fourth-order valence-electron chi connectivity index (χ4n) is 4.35. The number of fused-ring (bicyclic) bond motifs is 1. The predicted molar refractivity (Wildman–Crippen MR) is 141 cm³/mol. The zero-order valence-corrected chi connectivity index (χ0v) is 21.4. The zero-order valence-electron chi connectivity index (χ0n) is 20.6. The molecule has 4 aromatic rings. The lowest BCUT2D eigenvalue weighted by molar-refractivity contribution is 0.0730. The second-order valence-corrected chi connectivity index (χ2v) is 10.3.